The molecule has 1 fully saturated rings. The summed E-state index contributed by atoms with van der Waals surface area (Å²) < 4.78 is 0. The minimum absolute atomic E-state index is 0.702. The molecule has 0 saturated heterocycles. The molecule has 0 aromatic heterocycles. The van der Waals surface area contributed by atoms with Crippen LogP contribution in [0.5, 0.6) is 0 Å². The van der Waals surface area contributed by atoms with Gasteiger partial charge in [-0.05, 0) is 67.8 Å². The second-order valence-corrected chi connectivity index (χ2v) is 7.75. The predicted molar refractivity (Wildman–Crippen MR) is 93.2 cm³/mol. The molecular formula is C19H29NS. The Morgan fingerprint density at radius 1 is 1.10 bits per heavy atom. The lowest BCUT2D eigenvalue weighted by atomic mass is 9.84. The fourth-order valence-electron chi connectivity index (χ4n) is 3.98. The summed E-state index contributed by atoms with van der Waals surface area (Å²) >= 11 is 2.07. The van der Waals surface area contributed by atoms with Gasteiger partial charge < -0.3 is 5.32 Å². The maximum absolute atomic E-state index is 3.75. The summed E-state index contributed by atoms with van der Waals surface area (Å²) in [7, 11) is 0. The van der Waals surface area contributed by atoms with Crippen molar-refractivity contribution in [3.8, 4) is 0 Å². The SMILES string of the molecule is CCNC(CSc1ccc2c(c1)CCC2)C1CCCCC1. The number of nitrogens with one attached hydrogen (secondary N) is 1. The van der Waals surface area contributed by atoms with Crippen molar-refractivity contribution in [1.82, 2.24) is 5.32 Å². The Kier molecular flexibility index (Phi) is 5.65. The molecule has 1 unspecified atom stereocenters. The highest BCUT2D eigenvalue weighted by molar-refractivity contribution is 7.99. The third kappa shape index (κ3) is 4.04. The fourth-order valence-corrected chi connectivity index (χ4v) is 5.14. The highest BCUT2D eigenvalue weighted by atomic mass is 32.2. The summed E-state index contributed by atoms with van der Waals surface area (Å²) in [5, 5.41) is 3.75. The molecule has 1 N–H and O–H groups in total. The number of fused-ring (bicyclic) bond motifs is 1. The summed E-state index contributed by atoms with van der Waals surface area (Å²) in [6.07, 6.45) is 11.1. The molecule has 2 aliphatic carbocycles. The monoisotopic (exact) mass is 303 g/mol. The molecular weight excluding hydrogens is 274 g/mol. The lowest BCUT2D eigenvalue weighted by Crippen LogP contribution is -2.39. The molecule has 0 spiro atoms. The summed E-state index contributed by atoms with van der Waals surface area (Å²) in [5.41, 5.74) is 3.20. The van der Waals surface area contributed by atoms with Crippen molar-refractivity contribution < 1.29 is 0 Å². The van der Waals surface area contributed by atoms with E-state index in [4.69, 9.17) is 0 Å². The molecule has 0 aliphatic heterocycles. The van der Waals surface area contributed by atoms with Gasteiger partial charge in [-0.2, -0.15) is 0 Å². The van der Waals surface area contributed by atoms with Gasteiger partial charge in [-0.25, -0.2) is 0 Å². The molecule has 1 saturated carbocycles. The molecule has 0 heterocycles. The first-order valence-electron chi connectivity index (χ1n) is 8.85. The topological polar surface area (TPSA) is 12.0 Å². The van der Waals surface area contributed by atoms with Crippen LogP contribution in [-0.4, -0.2) is 18.3 Å². The van der Waals surface area contributed by atoms with Crippen LogP contribution in [0.25, 0.3) is 0 Å². The number of thioether (sulfide) groups is 1. The van der Waals surface area contributed by atoms with Gasteiger partial charge in [0.2, 0.25) is 0 Å². The van der Waals surface area contributed by atoms with Gasteiger partial charge in [0, 0.05) is 16.7 Å². The molecule has 3 rings (SSSR count). The zero-order valence-corrected chi connectivity index (χ0v) is 14.2. The third-order valence-electron chi connectivity index (χ3n) is 5.18. The number of hydrogen-bond donors (Lipinski definition) is 1. The Balaban J connectivity index is 1.58. The molecule has 2 heteroatoms. The van der Waals surface area contributed by atoms with Gasteiger partial charge in [-0.15, -0.1) is 11.8 Å². The normalized spacial score (nSPS) is 20.4. The van der Waals surface area contributed by atoms with E-state index in [0.29, 0.717) is 6.04 Å². The van der Waals surface area contributed by atoms with Crippen molar-refractivity contribution in [3.63, 3.8) is 0 Å². The molecule has 2 aliphatic rings. The molecule has 1 nitrogen and oxygen atoms in total. The van der Waals surface area contributed by atoms with Gasteiger partial charge in [-0.3, -0.25) is 0 Å². The molecule has 1 aromatic rings. The van der Waals surface area contributed by atoms with Crippen LogP contribution in [0.1, 0.15) is 56.6 Å². The van der Waals surface area contributed by atoms with E-state index in [-0.39, 0.29) is 0 Å². The fraction of sp³-hybridized carbons (Fsp3) is 0.684. The Labute approximate surface area is 134 Å². The lowest BCUT2D eigenvalue weighted by molar-refractivity contribution is 0.288. The third-order valence-corrected chi connectivity index (χ3v) is 6.30. The summed E-state index contributed by atoms with van der Waals surface area (Å²) in [5.74, 6) is 2.14. The number of hydrogen-bond acceptors (Lipinski definition) is 2. The van der Waals surface area contributed by atoms with Crippen LogP contribution in [0.4, 0.5) is 0 Å². The van der Waals surface area contributed by atoms with E-state index >= 15 is 0 Å². The van der Waals surface area contributed by atoms with Crippen molar-refractivity contribution in [2.75, 3.05) is 12.3 Å². The molecule has 116 valence electrons. The highest BCUT2D eigenvalue weighted by Crippen LogP contribution is 2.31. The lowest BCUT2D eigenvalue weighted by Gasteiger charge is -2.30. The quantitative estimate of drug-likeness (QED) is 0.756. The first kappa shape index (κ1) is 15.4. The van der Waals surface area contributed by atoms with E-state index in [9.17, 15) is 0 Å². The smallest absolute Gasteiger partial charge is 0.0189 e. The highest BCUT2D eigenvalue weighted by Gasteiger charge is 2.23. The number of benzene rings is 1. The number of aryl methyl sites for hydroxylation is 2. The van der Waals surface area contributed by atoms with Crippen LogP contribution in [0, 0.1) is 5.92 Å². The minimum Gasteiger partial charge on any atom is -0.313 e. The Hall–Kier alpha value is -0.470. The average Bonchev–Trinajstić information content (AvgIpc) is 3.00. The first-order valence-corrected chi connectivity index (χ1v) is 9.83. The van der Waals surface area contributed by atoms with Crippen LogP contribution in [0.2, 0.25) is 0 Å². The van der Waals surface area contributed by atoms with Crippen LogP contribution in [0.3, 0.4) is 0 Å². The van der Waals surface area contributed by atoms with Gasteiger partial charge >= 0.3 is 0 Å². The van der Waals surface area contributed by atoms with Gasteiger partial charge in [0.05, 0.1) is 0 Å². The van der Waals surface area contributed by atoms with Gasteiger partial charge in [-0.1, -0.05) is 32.3 Å². The Bertz CT molecular complexity index is 451. The van der Waals surface area contributed by atoms with Gasteiger partial charge in [0.25, 0.3) is 0 Å². The predicted octanol–water partition coefficient (Wildman–Crippen LogP) is 4.83. The minimum atomic E-state index is 0.702. The summed E-state index contributed by atoms with van der Waals surface area (Å²) in [6.45, 7) is 3.35. The standard InChI is InChI=1S/C19H29NS/c1-2-20-19(16-7-4-3-5-8-16)14-21-18-12-11-15-9-6-10-17(15)13-18/h11-13,16,19-20H,2-10,14H2,1H3. The van der Waals surface area contributed by atoms with Crippen LogP contribution in [-0.2, 0) is 12.8 Å². The Morgan fingerprint density at radius 3 is 2.71 bits per heavy atom. The van der Waals surface area contributed by atoms with Gasteiger partial charge in [0.1, 0.15) is 0 Å². The largest absolute Gasteiger partial charge is 0.313 e. The van der Waals surface area contributed by atoms with Crippen molar-refractivity contribution in [1.29, 1.82) is 0 Å². The Morgan fingerprint density at radius 2 is 1.90 bits per heavy atom. The van der Waals surface area contributed by atoms with Crippen molar-refractivity contribution in [2.45, 2.75) is 69.2 Å². The maximum Gasteiger partial charge on any atom is 0.0189 e. The summed E-state index contributed by atoms with van der Waals surface area (Å²) in [4.78, 5) is 1.48. The van der Waals surface area contributed by atoms with Crippen molar-refractivity contribution >= 4 is 11.8 Å². The summed E-state index contributed by atoms with van der Waals surface area (Å²) in [6, 6.07) is 7.87. The van der Waals surface area contributed by atoms with E-state index in [1.54, 1.807) is 11.1 Å². The van der Waals surface area contributed by atoms with E-state index in [1.165, 1.54) is 62.0 Å². The van der Waals surface area contributed by atoms with Crippen molar-refractivity contribution in [2.24, 2.45) is 5.92 Å². The molecule has 0 radical (unpaired) electrons. The van der Waals surface area contributed by atoms with E-state index in [2.05, 4.69) is 42.2 Å². The van der Waals surface area contributed by atoms with Crippen molar-refractivity contribution in [3.05, 3.63) is 29.3 Å². The van der Waals surface area contributed by atoms with E-state index < -0.39 is 0 Å². The van der Waals surface area contributed by atoms with E-state index in [1.807, 2.05) is 0 Å². The molecule has 0 amide bonds. The van der Waals surface area contributed by atoms with Crippen LogP contribution >= 0.6 is 11.8 Å². The molecule has 21 heavy (non-hydrogen) atoms. The van der Waals surface area contributed by atoms with Crippen LogP contribution in [0.15, 0.2) is 23.1 Å². The first-order chi connectivity index (χ1) is 10.4. The second-order valence-electron chi connectivity index (χ2n) is 6.66. The second kappa shape index (κ2) is 7.69. The number of rotatable bonds is 6. The molecule has 1 atom stereocenters. The van der Waals surface area contributed by atoms with Crippen LogP contribution < -0.4 is 5.32 Å². The van der Waals surface area contributed by atoms with Gasteiger partial charge in [0.15, 0.2) is 0 Å². The molecule has 1 aromatic carbocycles. The zero-order valence-electron chi connectivity index (χ0n) is 13.4. The molecule has 0 bridgehead atoms. The zero-order chi connectivity index (χ0) is 14.5. The van der Waals surface area contributed by atoms with E-state index in [0.717, 1.165) is 12.5 Å². The maximum atomic E-state index is 3.75. The average molecular weight is 304 g/mol.